The Hall–Kier alpha value is -1.62. The number of nitrogen functional groups attached to an aromatic ring is 1. The SMILES string of the molecule is Nc1nsc(C2Cc3ccccc3O2)n1. The fourth-order valence-corrected chi connectivity index (χ4v) is 2.31. The van der Waals surface area contributed by atoms with E-state index in [-0.39, 0.29) is 6.10 Å². The third-order valence-corrected chi connectivity index (χ3v) is 3.20. The van der Waals surface area contributed by atoms with Crippen LogP contribution in [0.25, 0.3) is 0 Å². The van der Waals surface area contributed by atoms with Crippen LogP contribution in [0.5, 0.6) is 5.75 Å². The fraction of sp³-hybridized carbons (Fsp3) is 0.200. The molecule has 1 aromatic carbocycles. The van der Waals surface area contributed by atoms with Gasteiger partial charge in [0.1, 0.15) is 5.75 Å². The van der Waals surface area contributed by atoms with Gasteiger partial charge in [0.05, 0.1) is 0 Å². The molecule has 1 aliphatic rings. The predicted molar refractivity (Wildman–Crippen MR) is 57.8 cm³/mol. The van der Waals surface area contributed by atoms with E-state index < -0.39 is 0 Å². The Morgan fingerprint density at radius 1 is 1.40 bits per heavy atom. The van der Waals surface area contributed by atoms with E-state index in [0.717, 1.165) is 17.2 Å². The Morgan fingerprint density at radius 3 is 3.00 bits per heavy atom. The average Bonchev–Trinajstić information content (AvgIpc) is 2.82. The van der Waals surface area contributed by atoms with Crippen LogP contribution in [-0.2, 0) is 6.42 Å². The molecule has 4 nitrogen and oxygen atoms in total. The van der Waals surface area contributed by atoms with Gasteiger partial charge in [-0.15, -0.1) is 0 Å². The quantitative estimate of drug-likeness (QED) is 0.794. The van der Waals surface area contributed by atoms with Gasteiger partial charge in [-0.1, -0.05) is 18.2 Å². The molecule has 1 atom stereocenters. The molecule has 2 N–H and O–H groups in total. The first-order valence-electron chi connectivity index (χ1n) is 4.66. The number of para-hydroxylation sites is 1. The lowest BCUT2D eigenvalue weighted by Crippen LogP contribution is -2.02. The second kappa shape index (κ2) is 3.20. The number of hydrogen-bond acceptors (Lipinski definition) is 5. The average molecular weight is 219 g/mol. The summed E-state index contributed by atoms with van der Waals surface area (Å²) in [5, 5.41) is 0.851. The van der Waals surface area contributed by atoms with Crippen LogP contribution in [0, 0.1) is 0 Å². The molecule has 0 spiro atoms. The summed E-state index contributed by atoms with van der Waals surface area (Å²) in [7, 11) is 0. The van der Waals surface area contributed by atoms with Crippen molar-refractivity contribution in [2.24, 2.45) is 0 Å². The maximum absolute atomic E-state index is 5.76. The van der Waals surface area contributed by atoms with E-state index in [2.05, 4.69) is 15.4 Å². The van der Waals surface area contributed by atoms with Gasteiger partial charge in [-0.25, -0.2) is 4.98 Å². The Labute approximate surface area is 90.9 Å². The van der Waals surface area contributed by atoms with Crippen molar-refractivity contribution >= 4 is 17.5 Å². The lowest BCUT2D eigenvalue weighted by atomic mass is 10.1. The van der Waals surface area contributed by atoms with Gasteiger partial charge < -0.3 is 10.5 Å². The summed E-state index contributed by atoms with van der Waals surface area (Å²) in [5.74, 6) is 1.27. The molecule has 2 aromatic rings. The Kier molecular flexibility index (Phi) is 1.85. The first-order valence-corrected chi connectivity index (χ1v) is 5.44. The predicted octanol–water partition coefficient (Wildman–Crippen LogP) is 1.80. The number of rotatable bonds is 1. The van der Waals surface area contributed by atoms with Crippen LogP contribution in [0.4, 0.5) is 5.95 Å². The van der Waals surface area contributed by atoms with E-state index in [0.29, 0.717) is 5.95 Å². The second-order valence-electron chi connectivity index (χ2n) is 3.41. The van der Waals surface area contributed by atoms with Crippen LogP contribution in [0.2, 0.25) is 0 Å². The van der Waals surface area contributed by atoms with Crippen LogP contribution in [0.1, 0.15) is 16.7 Å². The van der Waals surface area contributed by atoms with E-state index in [9.17, 15) is 0 Å². The van der Waals surface area contributed by atoms with Crippen LogP contribution in [-0.4, -0.2) is 9.36 Å². The van der Waals surface area contributed by atoms with Crippen molar-refractivity contribution in [2.75, 3.05) is 5.73 Å². The van der Waals surface area contributed by atoms with Crippen LogP contribution in [0.3, 0.4) is 0 Å². The van der Waals surface area contributed by atoms with Crippen molar-refractivity contribution in [1.82, 2.24) is 9.36 Å². The molecule has 0 saturated heterocycles. The summed E-state index contributed by atoms with van der Waals surface area (Å²) in [5.41, 5.74) is 6.70. The highest BCUT2D eigenvalue weighted by atomic mass is 32.1. The molecule has 2 heterocycles. The molecule has 3 rings (SSSR count). The van der Waals surface area contributed by atoms with Crippen molar-refractivity contribution in [3.8, 4) is 5.75 Å². The largest absolute Gasteiger partial charge is 0.483 e. The van der Waals surface area contributed by atoms with Gasteiger partial charge in [0, 0.05) is 6.42 Å². The highest BCUT2D eigenvalue weighted by Crippen LogP contribution is 2.36. The van der Waals surface area contributed by atoms with E-state index in [1.165, 1.54) is 17.1 Å². The van der Waals surface area contributed by atoms with Crippen LogP contribution >= 0.6 is 11.5 Å². The maximum atomic E-state index is 5.76. The molecular formula is C10H9N3OS. The first kappa shape index (κ1) is 8.67. The van der Waals surface area contributed by atoms with Gasteiger partial charge in [0.2, 0.25) is 5.95 Å². The molecule has 1 unspecified atom stereocenters. The van der Waals surface area contributed by atoms with Crippen molar-refractivity contribution in [1.29, 1.82) is 0 Å². The zero-order valence-corrected chi connectivity index (χ0v) is 8.70. The number of ether oxygens (including phenoxy) is 1. The van der Waals surface area contributed by atoms with E-state index in [1.807, 2.05) is 18.2 Å². The normalized spacial score (nSPS) is 18.5. The maximum Gasteiger partial charge on any atom is 0.232 e. The number of benzene rings is 1. The number of anilines is 1. The lowest BCUT2D eigenvalue weighted by Gasteiger charge is -2.05. The third kappa shape index (κ3) is 1.45. The molecule has 15 heavy (non-hydrogen) atoms. The van der Waals surface area contributed by atoms with E-state index >= 15 is 0 Å². The Morgan fingerprint density at radius 2 is 2.27 bits per heavy atom. The summed E-state index contributed by atoms with van der Waals surface area (Å²) in [6.45, 7) is 0. The summed E-state index contributed by atoms with van der Waals surface area (Å²) >= 11 is 1.31. The molecule has 0 radical (unpaired) electrons. The zero-order chi connectivity index (χ0) is 10.3. The Bertz CT molecular complexity index is 472. The molecule has 0 saturated carbocycles. The molecular weight excluding hydrogens is 210 g/mol. The molecule has 0 amide bonds. The van der Waals surface area contributed by atoms with Gasteiger partial charge in [-0.2, -0.15) is 4.37 Å². The van der Waals surface area contributed by atoms with Crippen LogP contribution in [0.15, 0.2) is 24.3 Å². The minimum Gasteiger partial charge on any atom is -0.483 e. The van der Waals surface area contributed by atoms with Crippen molar-refractivity contribution in [3.63, 3.8) is 0 Å². The highest BCUT2D eigenvalue weighted by molar-refractivity contribution is 7.05. The fourth-order valence-electron chi connectivity index (χ4n) is 1.70. The van der Waals surface area contributed by atoms with E-state index in [4.69, 9.17) is 10.5 Å². The molecule has 1 aromatic heterocycles. The number of fused-ring (bicyclic) bond motifs is 1. The minimum atomic E-state index is -0.0165. The molecule has 76 valence electrons. The van der Waals surface area contributed by atoms with Gasteiger partial charge >= 0.3 is 0 Å². The number of nitrogens with two attached hydrogens (primary N) is 1. The van der Waals surface area contributed by atoms with Crippen LogP contribution < -0.4 is 10.5 Å². The monoisotopic (exact) mass is 219 g/mol. The number of aromatic nitrogens is 2. The first-order chi connectivity index (χ1) is 7.33. The standard InChI is InChI=1S/C10H9N3OS/c11-10-12-9(15-13-10)8-5-6-3-1-2-4-7(6)14-8/h1-4,8H,5H2,(H2,11,13). The number of nitrogens with zero attached hydrogens (tertiary/aromatic N) is 2. The summed E-state index contributed by atoms with van der Waals surface area (Å²) in [4.78, 5) is 4.14. The molecule has 1 aliphatic heterocycles. The summed E-state index contributed by atoms with van der Waals surface area (Å²) in [6.07, 6.45) is 0.836. The second-order valence-corrected chi connectivity index (χ2v) is 4.19. The zero-order valence-electron chi connectivity index (χ0n) is 7.88. The van der Waals surface area contributed by atoms with Crippen molar-refractivity contribution < 1.29 is 4.74 Å². The third-order valence-electron chi connectivity index (χ3n) is 2.38. The van der Waals surface area contributed by atoms with Crippen molar-refractivity contribution in [3.05, 3.63) is 34.8 Å². The molecule has 5 heteroatoms. The minimum absolute atomic E-state index is 0.0165. The topological polar surface area (TPSA) is 61.0 Å². The van der Waals surface area contributed by atoms with Gasteiger partial charge in [-0.3, -0.25) is 0 Å². The van der Waals surface area contributed by atoms with E-state index in [1.54, 1.807) is 0 Å². The lowest BCUT2D eigenvalue weighted by molar-refractivity contribution is 0.238. The van der Waals surface area contributed by atoms with Gasteiger partial charge in [-0.05, 0) is 23.2 Å². The molecule has 0 bridgehead atoms. The van der Waals surface area contributed by atoms with Crippen molar-refractivity contribution in [2.45, 2.75) is 12.5 Å². The highest BCUT2D eigenvalue weighted by Gasteiger charge is 2.26. The van der Waals surface area contributed by atoms with Gasteiger partial charge in [0.15, 0.2) is 11.1 Å². The smallest absolute Gasteiger partial charge is 0.232 e. The molecule has 0 fully saturated rings. The Balaban J connectivity index is 1.90. The number of hydrogen-bond donors (Lipinski definition) is 1. The summed E-state index contributed by atoms with van der Waals surface area (Å²) in [6, 6.07) is 8.02. The summed E-state index contributed by atoms with van der Waals surface area (Å²) < 4.78 is 9.71. The molecule has 0 aliphatic carbocycles. The van der Waals surface area contributed by atoms with Gasteiger partial charge in [0.25, 0.3) is 0 Å².